The van der Waals surface area contributed by atoms with Gasteiger partial charge >= 0.3 is 0 Å². The number of anilines is 3. The summed E-state index contributed by atoms with van der Waals surface area (Å²) in [5.41, 5.74) is 0.718. The summed E-state index contributed by atoms with van der Waals surface area (Å²) in [7, 11) is 4.12. The second kappa shape index (κ2) is 8.34. The summed E-state index contributed by atoms with van der Waals surface area (Å²) >= 11 is 12.2. The number of hydrogen-bond acceptors (Lipinski definition) is 5. The number of rotatable bonds is 7. The van der Waals surface area contributed by atoms with Crippen molar-refractivity contribution in [1.29, 1.82) is 0 Å². The summed E-state index contributed by atoms with van der Waals surface area (Å²) in [5.74, 6) is 2.15. The Hall–Kier alpha value is -1.56. The van der Waals surface area contributed by atoms with Crippen LogP contribution in [0, 0.1) is 6.92 Å². The van der Waals surface area contributed by atoms with Crippen LogP contribution in [0.15, 0.2) is 24.3 Å². The van der Waals surface area contributed by atoms with Crippen LogP contribution in [-0.4, -0.2) is 42.1 Å². The number of aryl methyl sites for hydroxylation is 1. The van der Waals surface area contributed by atoms with E-state index in [9.17, 15) is 0 Å². The van der Waals surface area contributed by atoms with E-state index in [-0.39, 0.29) is 0 Å². The highest BCUT2D eigenvalue weighted by Gasteiger charge is 2.07. The number of hydrogen-bond donors (Lipinski definition) is 2. The van der Waals surface area contributed by atoms with E-state index in [1.54, 1.807) is 6.07 Å². The lowest BCUT2D eigenvalue weighted by Gasteiger charge is -2.13. The smallest absolute Gasteiger partial charge is 0.136 e. The van der Waals surface area contributed by atoms with Crippen LogP contribution in [0.1, 0.15) is 12.2 Å². The third kappa shape index (κ3) is 5.53. The maximum atomic E-state index is 6.20. The molecule has 1 aromatic heterocycles. The predicted molar refractivity (Wildman–Crippen MR) is 98.2 cm³/mol. The fourth-order valence-electron chi connectivity index (χ4n) is 2.07. The first-order valence-electron chi connectivity index (χ1n) is 7.41. The summed E-state index contributed by atoms with van der Waals surface area (Å²) in [5, 5.41) is 7.49. The van der Waals surface area contributed by atoms with Crippen LogP contribution in [0.5, 0.6) is 0 Å². The van der Waals surface area contributed by atoms with Crippen LogP contribution in [-0.2, 0) is 0 Å². The lowest BCUT2D eigenvalue weighted by atomic mass is 10.3. The van der Waals surface area contributed by atoms with Crippen molar-refractivity contribution >= 4 is 40.5 Å². The number of aromatic nitrogens is 2. The monoisotopic (exact) mass is 353 g/mol. The molecule has 2 aromatic rings. The summed E-state index contributed by atoms with van der Waals surface area (Å²) in [6.07, 6.45) is 1.04. The Kier molecular flexibility index (Phi) is 6.45. The Morgan fingerprint density at radius 2 is 1.87 bits per heavy atom. The summed E-state index contributed by atoms with van der Waals surface area (Å²) in [4.78, 5) is 10.9. The van der Waals surface area contributed by atoms with E-state index in [1.165, 1.54) is 0 Å². The minimum Gasteiger partial charge on any atom is -0.370 e. The SMILES string of the molecule is Cc1nc(NCCCN(C)C)cc(Nc2cccc(Cl)c2Cl)n1. The van der Waals surface area contributed by atoms with Crippen LogP contribution in [0.2, 0.25) is 10.0 Å². The van der Waals surface area contributed by atoms with Crippen molar-refractivity contribution in [3.05, 3.63) is 40.1 Å². The minimum atomic E-state index is 0.478. The standard InChI is InChI=1S/C16H21Cl2N5/c1-11-20-14(19-8-5-9-23(2)3)10-15(21-11)22-13-7-4-6-12(17)16(13)18/h4,6-7,10H,5,8-9H2,1-3H3,(H2,19,20,21,22). The third-order valence-electron chi connectivity index (χ3n) is 3.14. The zero-order valence-corrected chi connectivity index (χ0v) is 15.0. The zero-order chi connectivity index (χ0) is 16.8. The van der Waals surface area contributed by atoms with Gasteiger partial charge in [0.25, 0.3) is 0 Å². The molecule has 5 nitrogen and oxygen atoms in total. The van der Waals surface area contributed by atoms with Gasteiger partial charge in [0.2, 0.25) is 0 Å². The topological polar surface area (TPSA) is 53.1 Å². The van der Waals surface area contributed by atoms with E-state index in [2.05, 4.69) is 39.6 Å². The second-order valence-electron chi connectivity index (χ2n) is 5.50. The Bertz CT molecular complexity index is 661. The van der Waals surface area contributed by atoms with Crippen molar-refractivity contribution in [2.45, 2.75) is 13.3 Å². The van der Waals surface area contributed by atoms with Crippen molar-refractivity contribution < 1.29 is 0 Å². The van der Waals surface area contributed by atoms with Gasteiger partial charge in [-0.25, -0.2) is 9.97 Å². The molecule has 0 aliphatic rings. The third-order valence-corrected chi connectivity index (χ3v) is 3.96. The molecule has 0 atom stereocenters. The molecule has 0 saturated heterocycles. The normalized spacial score (nSPS) is 10.9. The van der Waals surface area contributed by atoms with Gasteiger partial charge in [0.1, 0.15) is 17.5 Å². The average Bonchev–Trinajstić information content (AvgIpc) is 2.48. The Morgan fingerprint density at radius 1 is 1.13 bits per heavy atom. The minimum absolute atomic E-state index is 0.478. The van der Waals surface area contributed by atoms with Crippen molar-refractivity contribution in [2.75, 3.05) is 37.8 Å². The van der Waals surface area contributed by atoms with E-state index in [4.69, 9.17) is 23.2 Å². The molecule has 1 heterocycles. The van der Waals surface area contributed by atoms with Gasteiger partial charge in [-0.1, -0.05) is 29.3 Å². The van der Waals surface area contributed by atoms with Crippen molar-refractivity contribution in [2.24, 2.45) is 0 Å². The van der Waals surface area contributed by atoms with Gasteiger partial charge in [-0.3, -0.25) is 0 Å². The highest BCUT2D eigenvalue weighted by molar-refractivity contribution is 6.43. The van der Waals surface area contributed by atoms with Crippen LogP contribution < -0.4 is 10.6 Å². The molecule has 0 fully saturated rings. The first kappa shape index (κ1) is 17.8. The van der Waals surface area contributed by atoms with Gasteiger partial charge in [-0.05, 0) is 46.1 Å². The molecule has 0 bridgehead atoms. The number of nitrogens with zero attached hydrogens (tertiary/aromatic N) is 3. The molecule has 0 radical (unpaired) electrons. The predicted octanol–water partition coefficient (Wildman–Crippen LogP) is 4.20. The molecule has 0 aliphatic carbocycles. The van der Waals surface area contributed by atoms with Gasteiger partial charge in [-0.15, -0.1) is 0 Å². The quantitative estimate of drug-likeness (QED) is 0.730. The van der Waals surface area contributed by atoms with Crippen LogP contribution in [0.25, 0.3) is 0 Å². The molecule has 0 aliphatic heterocycles. The molecule has 23 heavy (non-hydrogen) atoms. The first-order chi connectivity index (χ1) is 11.0. The van der Waals surface area contributed by atoms with Gasteiger partial charge in [0, 0.05) is 12.6 Å². The maximum absolute atomic E-state index is 6.20. The number of halogens is 2. The molecule has 0 saturated carbocycles. The molecule has 2 N–H and O–H groups in total. The highest BCUT2D eigenvalue weighted by Crippen LogP contribution is 2.31. The number of benzene rings is 1. The molecule has 2 rings (SSSR count). The molecule has 0 amide bonds. The zero-order valence-electron chi connectivity index (χ0n) is 13.5. The van der Waals surface area contributed by atoms with Crippen molar-refractivity contribution in [1.82, 2.24) is 14.9 Å². The van der Waals surface area contributed by atoms with Crippen LogP contribution >= 0.6 is 23.2 Å². The Morgan fingerprint density at radius 3 is 2.61 bits per heavy atom. The van der Waals surface area contributed by atoms with E-state index in [0.717, 1.165) is 31.0 Å². The average molecular weight is 354 g/mol. The second-order valence-corrected chi connectivity index (χ2v) is 6.28. The fourth-order valence-corrected chi connectivity index (χ4v) is 2.42. The highest BCUT2D eigenvalue weighted by atomic mass is 35.5. The number of nitrogens with one attached hydrogen (secondary N) is 2. The van der Waals surface area contributed by atoms with Crippen molar-refractivity contribution in [3.63, 3.8) is 0 Å². The van der Waals surface area contributed by atoms with Gasteiger partial charge in [-0.2, -0.15) is 0 Å². The lowest BCUT2D eigenvalue weighted by molar-refractivity contribution is 0.405. The molecule has 7 heteroatoms. The summed E-state index contributed by atoms with van der Waals surface area (Å²) < 4.78 is 0. The van der Waals surface area contributed by atoms with Crippen molar-refractivity contribution in [3.8, 4) is 0 Å². The fraction of sp³-hybridized carbons (Fsp3) is 0.375. The van der Waals surface area contributed by atoms with E-state index >= 15 is 0 Å². The molecule has 0 unspecified atom stereocenters. The van der Waals surface area contributed by atoms with E-state index in [1.807, 2.05) is 25.1 Å². The molecule has 0 spiro atoms. The van der Waals surface area contributed by atoms with Gasteiger partial charge < -0.3 is 15.5 Å². The lowest BCUT2D eigenvalue weighted by Crippen LogP contribution is -2.16. The van der Waals surface area contributed by atoms with E-state index in [0.29, 0.717) is 21.7 Å². The molecular weight excluding hydrogens is 333 g/mol. The Balaban J connectivity index is 2.06. The maximum Gasteiger partial charge on any atom is 0.136 e. The molecule has 1 aromatic carbocycles. The van der Waals surface area contributed by atoms with Gasteiger partial charge in [0.15, 0.2) is 0 Å². The summed E-state index contributed by atoms with van der Waals surface area (Å²) in [6.45, 7) is 3.74. The summed E-state index contributed by atoms with van der Waals surface area (Å²) in [6, 6.07) is 7.30. The Labute approximate surface area is 147 Å². The van der Waals surface area contributed by atoms with Crippen LogP contribution in [0.3, 0.4) is 0 Å². The van der Waals surface area contributed by atoms with Gasteiger partial charge in [0.05, 0.1) is 15.7 Å². The van der Waals surface area contributed by atoms with Crippen LogP contribution in [0.4, 0.5) is 17.3 Å². The largest absolute Gasteiger partial charge is 0.370 e. The first-order valence-corrected chi connectivity index (χ1v) is 8.16. The molecule has 124 valence electrons. The van der Waals surface area contributed by atoms with E-state index < -0.39 is 0 Å². The molecular formula is C16H21Cl2N5.